The van der Waals surface area contributed by atoms with Gasteiger partial charge in [0, 0.05) is 53.7 Å². The Kier molecular flexibility index (Phi) is 6.08. The van der Waals surface area contributed by atoms with Crippen LogP contribution in [0.2, 0.25) is 0 Å². The number of benzene rings is 1. The van der Waals surface area contributed by atoms with Gasteiger partial charge in [-0.1, -0.05) is 12.1 Å². The Balaban J connectivity index is 1.16. The Morgan fingerprint density at radius 1 is 1.08 bits per heavy atom. The molecule has 2 fully saturated rings. The third kappa shape index (κ3) is 4.67. The first-order chi connectivity index (χ1) is 17.6. The van der Waals surface area contributed by atoms with E-state index in [-0.39, 0.29) is 11.9 Å². The fraction of sp³-hybridized carbons (Fsp3) is 0.333. The van der Waals surface area contributed by atoms with E-state index in [9.17, 15) is 4.79 Å². The van der Waals surface area contributed by atoms with Crippen LogP contribution in [-0.2, 0) is 0 Å². The SMILES string of the molecule is C[C@@H](NC(=O)c1cc2ccc(-c3nccc(NC4CCC5NNCC5C4)n3)cc2[nH]1)c1ccncc1. The van der Waals surface area contributed by atoms with Crippen LogP contribution in [0.25, 0.3) is 22.3 Å². The molecule has 4 aromatic rings. The molecule has 0 radical (unpaired) electrons. The highest BCUT2D eigenvalue weighted by molar-refractivity contribution is 5.98. The van der Waals surface area contributed by atoms with Crippen molar-refractivity contribution in [2.45, 2.75) is 44.3 Å². The number of aromatic nitrogens is 4. The number of hydrogen-bond acceptors (Lipinski definition) is 7. The minimum atomic E-state index is -0.151. The van der Waals surface area contributed by atoms with Crippen molar-refractivity contribution in [1.82, 2.24) is 36.1 Å². The lowest BCUT2D eigenvalue weighted by molar-refractivity contribution is 0.0935. The van der Waals surface area contributed by atoms with E-state index < -0.39 is 0 Å². The fourth-order valence-electron chi connectivity index (χ4n) is 5.32. The van der Waals surface area contributed by atoms with Crippen molar-refractivity contribution in [3.05, 3.63) is 72.3 Å². The molecule has 1 saturated carbocycles. The maximum Gasteiger partial charge on any atom is 0.268 e. The molecule has 2 aliphatic rings. The quantitative estimate of drug-likeness (QED) is 0.285. The molecule has 9 nitrogen and oxygen atoms in total. The van der Waals surface area contributed by atoms with Gasteiger partial charge < -0.3 is 15.6 Å². The summed E-state index contributed by atoms with van der Waals surface area (Å²) < 4.78 is 0. The molecular formula is C27H30N8O. The Morgan fingerprint density at radius 3 is 2.86 bits per heavy atom. The van der Waals surface area contributed by atoms with Gasteiger partial charge in [-0.25, -0.2) is 9.97 Å². The van der Waals surface area contributed by atoms with Crippen LogP contribution in [0, 0.1) is 5.92 Å². The lowest BCUT2D eigenvalue weighted by atomic mass is 9.83. The Bertz CT molecular complexity index is 1370. The second kappa shape index (κ2) is 9.67. The van der Waals surface area contributed by atoms with E-state index in [2.05, 4.69) is 36.4 Å². The molecule has 1 amide bonds. The van der Waals surface area contributed by atoms with Crippen molar-refractivity contribution in [3.63, 3.8) is 0 Å². The van der Waals surface area contributed by atoms with Gasteiger partial charge in [0.1, 0.15) is 11.5 Å². The maximum absolute atomic E-state index is 12.9. The van der Waals surface area contributed by atoms with E-state index in [1.54, 1.807) is 18.6 Å². The van der Waals surface area contributed by atoms with Gasteiger partial charge >= 0.3 is 0 Å². The standard InChI is InChI=1S/C27H30N8O/c1-16(17-6-9-28-10-7-17)31-27(36)24-13-18-2-3-19(14-23(18)33-24)26-29-11-8-25(34-26)32-21-4-5-22-20(12-21)15-30-35-22/h2-3,6-11,13-14,16,20-22,30,33,35H,4-5,12,15H2,1H3,(H,31,36)(H,29,32,34)/t16-,20?,21?,22?/m1/s1. The number of anilines is 1. The summed E-state index contributed by atoms with van der Waals surface area (Å²) in [4.78, 5) is 29.4. The van der Waals surface area contributed by atoms with Crippen molar-refractivity contribution in [3.8, 4) is 11.4 Å². The molecule has 4 atom stereocenters. The first-order valence-electron chi connectivity index (χ1n) is 12.5. The summed E-state index contributed by atoms with van der Waals surface area (Å²) in [5.74, 6) is 2.01. The molecule has 184 valence electrons. The van der Waals surface area contributed by atoms with Crippen LogP contribution in [0.15, 0.2) is 61.1 Å². The minimum absolute atomic E-state index is 0.123. The predicted molar refractivity (Wildman–Crippen MR) is 139 cm³/mol. The second-order valence-electron chi connectivity index (χ2n) is 9.77. The average molecular weight is 483 g/mol. The number of hydrazine groups is 1. The van der Waals surface area contributed by atoms with E-state index in [1.807, 2.05) is 49.4 Å². The lowest BCUT2D eigenvalue weighted by Crippen LogP contribution is -2.39. The molecule has 1 saturated heterocycles. The number of fused-ring (bicyclic) bond motifs is 2. The van der Waals surface area contributed by atoms with Gasteiger partial charge in [-0.3, -0.25) is 20.6 Å². The largest absolute Gasteiger partial charge is 0.367 e. The molecular weight excluding hydrogens is 452 g/mol. The van der Waals surface area contributed by atoms with Gasteiger partial charge in [0.2, 0.25) is 0 Å². The van der Waals surface area contributed by atoms with Gasteiger partial charge in [0.25, 0.3) is 5.91 Å². The second-order valence-corrected chi connectivity index (χ2v) is 9.77. The normalized spacial score (nSPS) is 22.2. The van der Waals surface area contributed by atoms with Crippen molar-refractivity contribution in [1.29, 1.82) is 0 Å². The van der Waals surface area contributed by atoms with E-state index in [4.69, 9.17) is 4.98 Å². The van der Waals surface area contributed by atoms with Crippen LogP contribution in [0.3, 0.4) is 0 Å². The fourth-order valence-corrected chi connectivity index (χ4v) is 5.32. The number of rotatable bonds is 6. The maximum atomic E-state index is 12.9. The monoisotopic (exact) mass is 482 g/mol. The molecule has 0 spiro atoms. The summed E-state index contributed by atoms with van der Waals surface area (Å²) in [5, 5.41) is 7.62. The highest BCUT2D eigenvalue weighted by Gasteiger charge is 2.33. The number of nitrogens with zero attached hydrogens (tertiary/aromatic N) is 3. The Morgan fingerprint density at radius 2 is 1.97 bits per heavy atom. The third-order valence-corrected chi connectivity index (χ3v) is 7.32. The number of carbonyl (C=O) groups excluding carboxylic acids is 1. The van der Waals surface area contributed by atoms with Crippen LogP contribution >= 0.6 is 0 Å². The zero-order chi connectivity index (χ0) is 24.5. The van der Waals surface area contributed by atoms with Crippen LogP contribution in [-0.4, -0.2) is 44.5 Å². The van der Waals surface area contributed by atoms with Gasteiger partial charge in [0.05, 0.1) is 6.04 Å². The molecule has 5 N–H and O–H groups in total. The smallest absolute Gasteiger partial charge is 0.268 e. The molecule has 1 aromatic carbocycles. The Hall–Kier alpha value is -3.82. The van der Waals surface area contributed by atoms with E-state index >= 15 is 0 Å². The highest BCUT2D eigenvalue weighted by Crippen LogP contribution is 2.29. The molecule has 36 heavy (non-hydrogen) atoms. The third-order valence-electron chi connectivity index (χ3n) is 7.32. The first-order valence-corrected chi connectivity index (χ1v) is 12.5. The molecule has 9 heteroatoms. The molecule has 6 rings (SSSR count). The summed E-state index contributed by atoms with van der Waals surface area (Å²) in [6, 6.07) is 14.5. The number of H-pyrrole nitrogens is 1. The van der Waals surface area contributed by atoms with Crippen LogP contribution in [0.4, 0.5) is 5.82 Å². The number of carbonyl (C=O) groups is 1. The minimum Gasteiger partial charge on any atom is -0.367 e. The number of nitrogens with one attached hydrogen (secondary N) is 5. The van der Waals surface area contributed by atoms with Crippen molar-refractivity contribution in [2.75, 3.05) is 11.9 Å². The lowest BCUT2D eigenvalue weighted by Gasteiger charge is -2.31. The number of aromatic amines is 1. The number of amides is 1. The molecule has 4 heterocycles. The Labute approximate surface area is 209 Å². The van der Waals surface area contributed by atoms with Crippen LogP contribution < -0.4 is 21.5 Å². The van der Waals surface area contributed by atoms with E-state index in [0.717, 1.165) is 53.7 Å². The topological polar surface area (TPSA) is 120 Å². The summed E-state index contributed by atoms with van der Waals surface area (Å²) in [5.41, 5.74) is 9.96. The zero-order valence-corrected chi connectivity index (χ0v) is 20.2. The van der Waals surface area contributed by atoms with Crippen LogP contribution in [0.5, 0.6) is 0 Å². The number of pyridine rings is 1. The van der Waals surface area contributed by atoms with Gasteiger partial charge in [0.15, 0.2) is 5.82 Å². The highest BCUT2D eigenvalue weighted by atomic mass is 16.1. The average Bonchev–Trinajstić information content (AvgIpc) is 3.55. The summed E-state index contributed by atoms with van der Waals surface area (Å²) >= 11 is 0. The summed E-state index contributed by atoms with van der Waals surface area (Å²) in [7, 11) is 0. The molecule has 1 aliphatic heterocycles. The summed E-state index contributed by atoms with van der Waals surface area (Å²) in [6.45, 7) is 2.98. The predicted octanol–water partition coefficient (Wildman–Crippen LogP) is 3.57. The molecule has 3 aromatic heterocycles. The zero-order valence-electron chi connectivity index (χ0n) is 20.2. The number of hydrogen-bond donors (Lipinski definition) is 5. The van der Waals surface area contributed by atoms with Crippen LogP contribution in [0.1, 0.15) is 48.3 Å². The van der Waals surface area contributed by atoms with Gasteiger partial charge in [-0.05, 0) is 68.0 Å². The molecule has 0 bridgehead atoms. The van der Waals surface area contributed by atoms with Gasteiger partial charge in [-0.15, -0.1) is 0 Å². The summed E-state index contributed by atoms with van der Waals surface area (Å²) in [6.07, 6.45) is 8.66. The van der Waals surface area contributed by atoms with Crippen molar-refractivity contribution in [2.24, 2.45) is 5.92 Å². The van der Waals surface area contributed by atoms with Crippen molar-refractivity contribution < 1.29 is 4.79 Å². The van der Waals surface area contributed by atoms with E-state index in [0.29, 0.717) is 29.5 Å². The molecule has 3 unspecified atom stereocenters. The van der Waals surface area contributed by atoms with Gasteiger partial charge in [-0.2, -0.15) is 0 Å². The first kappa shape index (κ1) is 22.6. The van der Waals surface area contributed by atoms with E-state index in [1.165, 1.54) is 0 Å². The molecule has 1 aliphatic carbocycles. The van der Waals surface area contributed by atoms with Crippen molar-refractivity contribution >= 4 is 22.6 Å².